The van der Waals surface area contributed by atoms with Gasteiger partial charge in [0.15, 0.2) is 0 Å². The minimum Gasteiger partial charge on any atom is -0.398 e. The minimum absolute atomic E-state index is 0.219. The second-order valence-electron chi connectivity index (χ2n) is 3.24. The van der Waals surface area contributed by atoms with Crippen molar-refractivity contribution in [2.24, 2.45) is 0 Å². The molecule has 6 heteroatoms. The van der Waals surface area contributed by atoms with E-state index in [1.165, 1.54) is 12.4 Å². The van der Waals surface area contributed by atoms with Crippen molar-refractivity contribution >= 4 is 29.1 Å². The van der Waals surface area contributed by atoms with E-state index in [4.69, 9.17) is 17.3 Å². The zero-order valence-electron chi connectivity index (χ0n) is 8.72. The van der Waals surface area contributed by atoms with Crippen LogP contribution in [0, 0.1) is 0 Å². The molecule has 0 fully saturated rings. The van der Waals surface area contributed by atoms with Crippen LogP contribution in [0.2, 0.25) is 5.02 Å². The number of nitrogens with two attached hydrogens (primary N) is 1. The lowest BCUT2D eigenvalue weighted by molar-refractivity contribution is 0.102. The lowest BCUT2D eigenvalue weighted by Crippen LogP contribution is -2.14. The minimum atomic E-state index is -0.395. The first-order valence-corrected chi connectivity index (χ1v) is 5.18. The zero-order valence-corrected chi connectivity index (χ0v) is 9.48. The molecule has 1 aromatic carbocycles. The maximum atomic E-state index is 11.9. The molecule has 3 N–H and O–H groups in total. The molecule has 0 unspecified atom stereocenters. The maximum absolute atomic E-state index is 11.9. The molecular formula is C11H9ClN4O. The van der Waals surface area contributed by atoms with Gasteiger partial charge in [-0.2, -0.15) is 0 Å². The van der Waals surface area contributed by atoms with E-state index in [0.717, 1.165) is 0 Å². The normalized spacial score (nSPS) is 9.94. The van der Waals surface area contributed by atoms with Crippen LogP contribution in [0.15, 0.2) is 36.7 Å². The molecule has 2 rings (SSSR count). The quantitative estimate of drug-likeness (QED) is 0.796. The Hall–Kier alpha value is -2.14. The lowest BCUT2D eigenvalue weighted by atomic mass is 10.2. The van der Waals surface area contributed by atoms with Gasteiger partial charge in [-0.25, -0.2) is 9.97 Å². The van der Waals surface area contributed by atoms with Crippen molar-refractivity contribution in [2.75, 3.05) is 11.1 Å². The summed E-state index contributed by atoms with van der Waals surface area (Å²) in [6, 6.07) is 6.51. The highest BCUT2D eigenvalue weighted by Crippen LogP contribution is 2.23. The molecule has 0 radical (unpaired) electrons. The van der Waals surface area contributed by atoms with Crippen molar-refractivity contribution in [2.45, 2.75) is 0 Å². The van der Waals surface area contributed by atoms with Crippen LogP contribution in [0.3, 0.4) is 0 Å². The fraction of sp³-hybridized carbons (Fsp3) is 0. The molecule has 2 aromatic rings. The third kappa shape index (κ3) is 2.51. The van der Waals surface area contributed by atoms with Crippen molar-refractivity contribution in [1.29, 1.82) is 0 Å². The van der Waals surface area contributed by atoms with E-state index in [1.54, 1.807) is 24.3 Å². The van der Waals surface area contributed by atoms with E-state index in [0.29, 0.717) is 11.3 Å². The van der Waals surface area contributed by atoms with Crippen molar-refractivity contribution in [3.63, 3.8) is 0 Å². The van der Waals surface area contributed by atoms with E-state index in [-0.39, 0.29) is 11.0 Å². The Morgan fingerprint density at radius 2 is 1.94 bits per heavy atom. The van der Waals surface area contributed by atoms with E-state index >= 15 is 0 Å². The summed E-state index contributed by atoms with van der Waals surface area (Å²) >= 11 is 5.93. The van der Waals surface area contributed by atoms with Gasteiger partial charge in [-0.1, -0.05) is 17.7 Å². The molecule has 0 atom stereocenters. The van der Waals surface area contributed by atoms with Gasteiger partial charge in [-0.3, -0.25) is 10.1 Å². The number of nitrogens with one attached hydrogen (secondary N) is 1. The number of hydrogen-bond acceptors (Lipinski definition) is 4. The van der Waals surface area contributed by atoms with E-state index in [9.17, 15) is 4.79 Å². The van der Waals surface area contributed by atoms with Crippen molar-refractivity contribution in [3.8, 4) is 0 Å². The molecule has 0 aliphatic rings. The van der Waals surface area contributed by atoms with Gasteiger partial charge in [-0.15, -0.1) is 0 Å². The van der Waals surface area contributed by atoms with Gasteiger partial charge in [0.1, 0.15) is 0 Å². The van der Waals surface area contributed by atoms with Crippen molar-refractivity contribution in [1.82, 2.24) is 9.97 Å². The molecule has 5 nitrogen and oxygen atoms in total. The Morgan fingerprint density at radius 1 is 1.24 bits per heavy atom. The predicted molar refractivity (Wildman–Crippen MR) is 65.8 cm³/mol. The molecule has 0 saturated carbocycles. The van der Waals surface area contributed by atoms with Crippen molar-refractivity contribution < 1.29 is 4.79 Å². The van der Waals surface area contributed by atoms with Gasteiger partial charge in [-0.05, 0) is 18.2 Å². The summed E-state index contributed by atoms with van der Waals surface area (Å²) < 4.78 is 0. The number of carbonyl (C=O) groups excluding carboxylic acids is 1. The highest BCUT2D eigenvalue weighted by molar-refractivity contribution is 6.36. The molecule has 0 aliphatic carbocycles. The summed E-state index contributed by atoms with van der Waals surface area (Å²) in [5, 5.41) is 2.75. The maximum Gasteiger partial charge on any atom is 0.259 e. The molecular weight excluding hydrogens is 240 g/mol. The largest absolute Gasteiger partial charge is 0.398 e. The SMILES string of the molecule is Nc1cccc(C(=O)Nc2ncccn2)c1Cl. The molecule has 0 saturated heterocycles. The molecule has 0 spiro atoms. The Balaban J connectivity index is 2.24. The first kappa shape index (κ1) is 11.3. The van der Waals surface area contributed by atoms with Crippen LogP contribution < -0.4 is 11.1 Å². The van der Waals surface area contributed by atoms with Crippen molar-refractivity contribution in [3.05, 3.63) is 47.2 Å². The topological polar surface area (TPSA) is 80.9 Å². The number of anilines is 2. The first-order chi connectivity index (χ1) is 8.18. The van der Waals surface area contributed by atoms with Crippen LogP contribution in [-0.4, -0.2) is 15.9 Å². The van der Waals surface area contributed by atoms with Crippen LogP contribution in [0.1, 0.15) is 10.4 Å². The number of hydrogen-bond donors (Lipinski definition) is 2. The second-order valence-corrected chi connectivity index (χ2v) is 3.61. The summed E-state index contributed by atoms with van der Waals surface area (Å²) in [6.45, 7) is 0. The van der Waals surface area contributed by atoms with E-state index in [2.05, 4.69) is 15.3 Å². The summed E-state index contributed by atoms with van der Waals surface area (Å²) in [7, 11) is 0. The molecule has 1 aromatic heterocycles. The molecule has 0 bridgehead atoms. The molecule has 17 heavy (non-hydrogen) atoms. The summed E-state index contributed by atoms with van der Waals surface area (Å²) in [5.41, 5.74) is 6.25. The second kappa shape index (κ2) is 4.80. The van der Waals surface area contributed by atoms with Gasteiger partial charge < -0.3 is 5.73 Å². The van der Waals surface area contributed by atoms with Crippen LogP contribution in [0.5, 0.6) is 0 Å². The highest BCUT2D eigenvalue weighted by atomic mass is 35.5. The fourth-order valence-electron chi connectivity index (χ4n) is 1.26. The van der Waals surface area contributed by atoms with Gasteiger partial charge >= 0.3 is 0 Å². The summed E-state index contributed by atoms with van der Waals surface area (Å²) in [6.07, 6.45) is 3.06. The standard InChI is InChI=1S/C11H9ClN4O/c12-9-7(3-1-4-8(9)13)10(17)16-11-14-5-2-6-15-11/h1-6H,13H2,(H,14,15,16,17). The van der Waals surface area contributed by atoms with Crippen LogP contribution >= 0.6 is 11.6 Å². The lowest BCUT2D eigenvalue weighted by Gasteiger charge is -2.06. The average Bonchev–Trinajstić information content (AvgIpc) is 2.34. The van der Waals surface area contributed by atoms with E-state index < -0.39 is 5.91 Å². The molecule has 0 aliphatic heterocycles. The molecule has 1 amide bonds. The number of carbonyl (C=O) groups is 1. The zero-order chi connectivity index (χ0) is 12.3. The van der Waals surface area contributed by atoms with E-state index in [1.807, 2.05) is 0 Å². The van der Waals surface area contributed by atoms with Gasteiger partial charge in [0.05, 0.1) is 16.3 Å². The number of nitrogens with zero attached hydrogens (tertiary/aromatic N) is 2. The monoisotopic (exact) mass is 248 g/mol. The van der Waals surface area contributed by atoms with Gasteiger partial charge in [0, 0.05) is 12.4 Å². The number of amides is 1. The number of nitrogen functional groups attached to an aromatic ring is 1. The Kier molecular flexibility index (Phi) is 3.20. The van der Waals surface area contributed by atoms with Crippen LogP contribution in [0.25, 0.3) is 0 Å². The predicted octanol–water partition coefficient (Wildman–Crippen LogP) is 1.96. The van der Waals surface area contributed by atoms with Gasteiger partial charge in [0.2, 0.25) is 5.95 Å². The first-order valence-electron chi connectivity index (χ1n) is 4.81. The van der Waals surface area contributed by atoms with Crippen LogP contribution in [0.4, 0.5) is 11.6 Å². The number of benzene rings is 1. The highest BCUT2D eigenvalue weighted by Gasteiger charge is 2.12. The summed E-state index contributed by atoms with van der Waals surface area (Å²) in [4.78, 5) is 19.6. The number of rotatable bonds is 2. The average molecular weight is 249 g/mol. The third-order valence-corrected chi connectivity index (χ3v) is 2.49. The number of halogens is 1. The van der Waals surface area contributed by atoms with Crippen LogP contribution in [-0.2, 0) is 0 Å². The molecule has 1 heterocycles. The van der Waals surface area contributed by atoms with Gasteiger partial charge in [0.25, 0.3) is 5.91 Å². The smallest absolute Gasteiger partial charge is 0.259 e. The Morgan fingerprint density at radius 3 is 2.65 bits per heavy atom. The fourth-order valence-corrected chi connectivity index (χ4v) is 1.47. The summed E-state index contributed by atoms with van der Waals surface area (Å²) in [5.74, 6) is -0.176. The Bertz CT molecular complexity index is 544. The number of aromatic nitrogens is 2. The Labute approximate surface area is 103 Å². The third-order valence-electron chi connectivity index (χ3n) is 2.06. The molecule has 86 valence electrons.